The summed E-state index contributed by atoms with van der Waals surface area (Å²) in [7, 11) is 0. The van der Waals surface area contributed by atoms with Crippen molar-refractivity contribution in [3.8, 4) is 17.0 Å². The Hall–Kier alpha value is -4.68. The van der Waals surface area contributed by atoms with Gasteiger partial charge in [0.2, 0.25) is 0 Å². The van der Waals surface area contributed by atoms with E-state index in [0.29, 0.717) is 41.2 Å². The third-order valence-electron chi connectivity index (χ3n) is 8.42. The predicted octanol–water partition coefficient (Wildman–Crippen LogP) is 6.43. The number of ether oxygens (including phenoxy) is 1. The average molecular weight is 611 g/mol. The number of nitrogens with one attached hydrogen (secondary N) is 1. The smallest absolute Gasteiger partial charge is 0.416 e. The number of fused-ring (bicyclic) bond motifs is 1. The van der Waals surface area contributed by atoms with Gasteiger partial charge in [-0.1, -0.05) is 20.3 Å². The van der Waals surface area contributed by atoms with Crippen LogP contribution in [0.3, 0.4) is 0 Å². The lowest BCUT2D eigenvalue weighted by Gasteiger charge is -2.40. The van der Waals surface area contributed by atoms with Crippen LogP contribution in [0.2, 0.25) is 0 Å². The lowest BCUT2D eigenvalue weighted by molar-refractivity contribution is -0.155. The van der Waals surface area contributed by atoms with Crippen LogP contribution in [0.4, 0.5) is 24.8 Å². The maximum atomic E-state index is 13.1. The highest BCUT2D eigenvalue weighted by Crippen LogP contribution is 2.49. The summed E-state index contributed by atoms with van der Waals surface area (Å²) in [5.74, 6) is -0.797. The summed E-state index contributed by atoms with van der Waals surface area (Å²) in [6.07, 6.45) is 2.18. The number of alkyl halides is 3. The number of imidazole rings is 1. The first kappa shape index (κ1) is 30.8. The molecule has 0 unspecified atom stereocenters. The van der Waals surface area contributed by atoms with E-state index < -0.39 is 29.0 Å². The van der Waals surface area contributed by atoms with E-state index in [-0.39, 0.29) is 35.6 Å². The van der Waals surface area contributed by atoms with Crippen molar-refractivity contribution in [1.29, 1.82) is 0 Å². The highest BCUT2D eigenvalue weighted by Gasteiger charge is 2.46. The van der Waals surface area contributed by atoms with E-state index in [1.165, 1.54) is 12.1 Å². The molecular formula is C31H33F3N6O4. The topological polar surface area (TPSA) is 145 Å². The summed E-state index contributed by atoms with van der Waals surface area (Å²) in [5.41, 5.74) is 6.16. The number of nitrogen functional groups attached to an aromatic ring is 1. The molecule has 0 bridgehead atoms. The number of nitrogens with zero attached hydrogens (tertiary/aromatic N) is 4. The number of hydrogen-bond acceptors (Lipinski definition) is 7. The number of amides is 1. The Balaban J connectivity index is 1.55. The van der Waals surface area contributed by atoms with Gasteiger partial charge in [0.05, 0.1) is 17.6 Å². The van der Waals surface area contributed by atoms with E-state index in [1.807, 2.05) is 18.2 Å². The fraction of sp³-hybridized carbons (Fsp3) is 0.387. The molecule has 4 N–H and O–H groups in total. The van der Waals surface area contributed by atoms with Gasteiger partial charge in [0.15, 0.2) is 0 Å². The molecule has 5 rings (SSSR count). The Bertz CT molecular complexity index is 1720. The standard InChI is InChI=1S/C31H33F3N6O4/c1-4-44-22-14-18(28(41)38-23-15-20(9-11-36-23)31(32,33)34)7-8-21(22)24-25-26(35)37-12-13-40(25)27(39-24)19-6-5-10-30(16-19,17(2)3)29(42)43/h7-9,11-15,17,19H,4-6,10,16H2,1-3H3,(H2,35,37)(H,42,43)(H,36,38,41)/t19-,30+/m1/s1. The van der Waals surface area contributed by atoms with Crippen molar-refractivity contribution in [3.05, 3.63) is 65.9 Å². The molecule has 4 aromatic rings. The first-order valence-corrected chi connectivity index (χ1v) is 14.3. The van der Waals surface area contributed by atoms with Gasteiger partial charge in [-0.25, -0.2) is 15.0 Å². The Morgan fingerprint density at radius 1 is 1.20 bits per heavy atom. The summed E-state index contributed by atoms with van der Waals surface area (Å²) in [6.45, 7) is 5.89. The van der Waals surface area contributed by atoms with Crippen molar-refractivity contribution in [2.24, 2.45) is 11.3 Å². The number of carbonyl (C=O) groups excluding carboxylic acids is 1. The number of nitrogens with two attached hydrogens (primary N) is 1. The maximum Gasteiger partial charge on any atom is 0.416 e. The van der Waals surface area contributed by atoms with Crippen LogP contribution >= 0.6 is 0 Å². The molecule has 0 spiro atoms. The van der Waals surface area contributed by atoms with Crippen LogP contribution < -0.4 is 15.8 Å². The summed E-state index contributed by atoms with van der Waals surface area (Å²) in [6, 6.07) is 6.20. The van der Waals surface area contributed by atoms with Crippen LogP contribution in [0.1, 0.15) is 74.1 Å². The van der Waals surface area contributed by atoms with Gasteiger partial charge in [-0.15, -0.1) is 0 Å². The van der Waals surface area contributed by atoms with E-state index in [1.54, 1.807) is 25.4 Å². The molecule has 1 fully saturated rings. The number of hydrogen-bond donors (Lipinski definition) is 3. The molecule has 1 aliphatic carbocycles. The summed E-state index contributed by atoms with van der Waals surface area (Å²) in [4.78, 5) is 38.6. The molecule has 1 aromatic carbocycles. The number of aliphatic carboxylic acids is 1. The van der Waals surface area contributed by atoms with E-state index in [0.717, 1.165) is 31.2 Å². The fourth-order valence-electron chi connectivity index (χ4n) is 6.05. The molecule has 1 aliphatic rings. The first-order chi connectivity index (χ1) is 20.9. The highest BCUT2D eigenvalue weighted by molar-refractivity contribution is 6.04. The molecule has 0 aliphatic heterocycles. The number of carbonyl (C=O) groups is 2. The van der Waals surface area contributed by atoms with E-state index in [2.05, 4.69) is 15.3 Å². The number of pyridine rings is 1. The Morgan fingerprint density at radius 3 is 2.66 bits per heavy atom. The zero-order chi connectivity index (χ0) is 31.8. The predicted molar refractivity (Wildman–Crippen MR) is 157 cm³/mol. The van der Waals surface area contributed by atoms with Crippen LogP contribution in [0, 0.1) is 11.3 Å². The van der Waals surface area contributed by atoms with Gasteiger partial charge in [-0.2, -0.15) is 13.2 Å². The van der Waals surface area contributed by atoms with Crippen LogP contribution in [0.5, 0.6) is 5.75 Å². The van der Waals surface area contributed by atoms with Crippen LogP contribution in [0.25, 0.3) is 16.8 Å². The third-order valence-corrected chi connectivity index (χ3v) is 8.42. The molecule has 1 saturated carbocycles. The van der Waals surface area contributed by atoms with Crippen molar-refractivity contribution in [2.75, 3.05) is 17.7 Å². The zero-order valence-corrected chi connectivity index (χ0v) is 24.5. The van der Waals surface area contributed by atoms with Gasteiger partial charge in [0.25, 0.3) is 5.91 Å². The number of anilines is 2. The quantitative estimate of drug-likeness (QED) is 0.207. The van der Waals surface area contributed by atoms with E-state index in [9.17, 15) is 27.9 Å². The van der Waals surface area contributed by atoms with Gasteiger partial charge in [-0.3, -0.25) is 14.0 Å². The second-order valence-electron chi connectivity index (χ2n) is 11.3. The Morgan fingerprint density at radius 2 is 1.98 bits per heavy atom. The molecule has 1 amide bonds. The number of benzene rings is 1. The van der Waals surface area contributed by atoms with Gasteiger partial charge < -0.3 is 20.9 Å². The number of halogens is 3. The van der Waals surface area contributed by atoms with Crippen molar-refractivity contribution >= 4 is 29.0 Å². The van der Waals surface area contributed by atoms with Crippen molar-refractivity contribution in [1.82, 2.24) is 19.4 Å². The first-order valence-electron chi connectivity index (χ1n) is 14.3. The zero-order valence-electron chi connectivity index (χ0n) is 24.5. The minimum atomic E-state index is -4.59. The second kappa shape index (κ2) is 11.8. The van der Waals surface area contributed by atoms with E-state index in [4.69, 9.17) is 15.5 Å². The van der Waals surface area contributed by atoms with Gasteiger partial charge in [0.1, 0.15) is 34.4 Å². The SMILES string of the molecule is CCOc1cc(C(=O)Nc2cc(C(F)(F)F)ccn2)ccc1-c1nc([C@@H]2CCC[C@@](C(=O)O)(C(C)C)C2)n2ccnc(N)c12. The summed E-state index contributed by atoms with van der Waals surface area (Å²) >= 11 is 0. The van der Waals surface area contributed by atoms with Gasteiger partial charge in [0, 0.05) is 35.6 Å². The molecule has 10 nitrogen and oxygen atoms in total. The monoisotopic (exact) mass is 610 g/mol. The molecule has 13 heteroatoms. The van der Waals surface area contributed by atoms with Crippen molar-refractivity contribution in [3.63, 3.8) is 0 Å². The largest absolute Gasteiger partial charge is 0.493 e. The Labute approximate surface area is 251 Å². The number of rotatable bonds is 8. The number of aromatic nitrogens is 4. The molecule has 2 atom stereocenters. The molecule has 0 saturated heterocycles. The minimum Gasteiger partial charge on any atom is -0.493 e. The lowest BCUT2D eigenvalue weighted by atomic mass is 9.63. The Kier molecular flexibility index (Phi) is 8.23. The minimum absolute atomic E-state index is 0.0744. The van der Waals surface area contributed by atoms with Crippen LogP contribution in [0.15, 0.2) is 48.9 Å². The molecule has 44 heavy (non-hydrogen) atoms. The maximum absolute atomic E-state index is 13.1. The molecule has 0 radical (unpaired) electrons. The van der Waals surface area contributed by atoms with Crippen LogP contribution in [-0.4, -0.2) is 42.9 Å². The lowest BCUT2D eigenvalue weighted by Crippen LogP contribution is -2.40. The summed E-state index contributed by atoms with van der Waals surface area (Å²) in [5, 5.41) is 12.6. The highest BCUT2D eigenvalue weighted by atomic mass is 19.4. The number of carboxylic acids is 1. The second-order valence-corrected chi connectivity index (χ2v) is 11.3. The third kappa shape index (κ3) is 5.65. The fourth-order valence-corrected chi connectivity index (χ4v) is 6.05. The molecule has 232 valence electrons. The number of carboxylic acid groups (broad SMARTS) is 1. The van der Waals surface area contributed by atoms with Crippen molar-refractivity contribution in [2.45, 2.75) is 58.5 Å². The van der Waals surface area contributed by atoms with Crippen molar-refractivity contribution < 1.29 is 32.6 Å². The average Bonchev–Trinajstić information content (AvgIpc) is 3.37. The van der Waals surface area contributed by atoms with Crippen LogP contribution in [-0.2, 0) is 11.0 Å². The van der Waals surface area contributed by atoms with Gasteiger partial charge in [-0.05, 0) is 62.4 Å². The molecule has 3 heterocycles. The molecular weight excluding hydrogens is 577 g/mol. The van der Waals surface area contributed by atoms with Gasteiger partial charge >= 0.3 is 12.1 Å². The van der Waals surface area contributed by atoms with E-state index >= 15 is 0 Å². The normalized spacial score (nSPS) is 18.8. The summed E-state index contributed by atoms with van der Waals surface area (Å²) < 4.78 is 47.2. The molecule has 3 aromatic heterocycles.